The van der Waals surface area contributed by atoms with Crippen LogP contribution in [-0.4, -0.2) is 12.0 Å². The molecule has 82 valence electrons. The predicted octanol–water partition coefficient (Wildman–Crippen LogP) is 3.81. The summed E-state index contributed by atoms with van der Waals surface area (Å²) in [5.41, 5.74) is 1.15. The van der Waals surface area contributed by atoms with Crippen LogP contribution in [0.1, 0.15) is 21.5 Å². The minimum atomic E-state index is -4.83. The first-order valence-electron chi connectivity index (χ1n) is 4.11. The third-order valence-electron chi connectivity index (χ3n) is 2.09. The lowest BCUT2D eigenvalue weighted by atomic mass is 10.0. The van der Waals surface area contributed by atoms with E-state index in [9.17, 15) is 18.0 Å². The third-order valence-corrected chi connectivity index (χ3v) is 2.74. The maximum atomic E-state index is 12.2. The van der Waals surface area contributed by atoms with E-state index in [4.69, 9.17) is 0 Å². The van der Waals surface area contributed by atoms with Crippen LogP contribution in [0.4, 0.5) is 13.2 Å². The zero-order chi connectivity index (χ0) is 11.8. The van der Waals surface area contributed by atoms with E-state index in [1.807, 2.05) is 0 Å². The molecule has 0 fully saturated rings. The van der Waals surface area contributed by atoms with Gasteiger partial charge in [0.25, 0.3) is 5.78 Å². The number of ketones is 1. The molecule has 0 N–H and O–H groups in total. The van der Waals surface area contributed by atoms with Gasteiger partial charge in [0, 0.05) is 10.0 Å². The highest BCUT2D eigenvalue weighted by Crippen LogP contribution is 2.28. The number of hydrogen-bond acceptors (Lipinski definition) is 1. The fourth-order valence-electron chi connectivity index (χ4n) is 1.11. The van der Waals surface area contributed by atoms with Gasteiger partial charge in [-0.25, -0.2) is 0 Å². The molecule has 1 aromatic rings. The first-order valence-corrected chi connectivity index (χ1v) is 4.91. The summed E-state index contributed by atoms with van der Waals surface area (Å²) in [4.78, 5) is 11.0. The van der Waals surface area contributed by atoms with Crippen LogP contribution in [0.2, 0.25) is 0 Å². The molecule has 15 heavy (non-hydrogen) atoms. The van der Waals surface area contributed by atoms with Crippen molar-refractivity contribution < 1.29 is 18.0 Å². The average Bonchev–Trinajstić information content (AvgIpc) is 2.08. The van der Waals surface area contributed by atoms with E-state index in [1.54, 1.807) is 13.8 Å². The van der Waals surface area contributed by atoms with Gasteiger partial charge in [-0.1, -0.05) is 15.9 Å². The molecule has 0 radical (unpaired) electrons. The molecule has 5 heteroatoms. The van der Waals surface area contributed by atoms with Crippen LogP contribution in [-0.2, 0) is 0 Å². The van der Waals surface area contributed by atoms with Crippen LogP contribution in [0.3, 0.4) is 0 Å². The zero-order valence-electron chi connectivity index (χ0n) is 8.07. The summed E-state index contributed by atoms with van der Waals surface area (Å²) in [7, 11) is 0. The number of aryl methyl sites for hydroxylation is 2. The third kappa shape index (κ3) is 2.59. The summed E-state index contributed by atoms with van der Waals surface area (Å²) in [5, 5.41) is 0. The van der Waals surface area contributed by atoms with Gasteiger partial charge in [-0.15, -0.1) is 0 Å². The molecular weight excluding hydrogens is 273 g/mol. The normalized spacial score (nSPS) is 11.6. The summed E-state index contributed by atoms with van der Waals surface area (Å²) in [6, 6.07) is 2.75. The van der Waals surface area contributed by atoms with E-state index in [0.29, 0.717) is 5.56 Å². The van der Waals surface area contributed by atoms with Crippen molar-refractivity contribution in [1.82, 2.24) is 0 Å². The van der Waals surface area contributed by atoms with E-state index in [2.05, 4.69) is 15.9 Å². The van der Waals surface area contributed by atoms with Gasteiger partial charge in [-0.05, 0) is 37.1 Å². The van der Waals surface area contributed by atoms with E-state index in [0.717, 1.165) is 5.56 Å². The maximum absolute atomic E-state index is 12.2. The Kier molecular flexibility index (Phi) is 3.23. The molecule has 1 rings (SSSR count). The standard InChI is InChI=1S/C10H8BrF3O/c1-5-3-7(8(11)4-6(5)2)9(15)10(12,13)14/h3-4H,1-2H3. The molecule has 1 aromatic carbocycles. The van der Waals surface area contributed by atoms with E-state index < -0.39 is 12.0 Å². The monoisotopic (exact) mass is 280 g/mol. The van der Waals surface area contributed by atoms with Crippen LogP contribution in [0, 0.1) is 13.8 Å². The predicted molar refractivity (Wildman–Crippen MR) is 54.0 cm³/mol. The second-order valence-corrected chi connectivity index (χ2v) is 4.10. The fraction of sp³-hybridized carbons (Fsp3) is 0.300. The molecule has 0 saturated carbocycles. The molecule has 0 saturated heterocycles. The number of Topliss-reactive ketones (excluding diaryl/α,β-unsaturated/α-hetero) is 1. The quantitative estimate of drug-likeness (QED) is 0.715. The second-order valence-electron chi connectivity index (χ2n) is 3.24. The molecule has 0 spiro atoms. The van der Waals surface area contributed by atoms with Crippen molar-refractivity contribution in [2.24, 2.45) is 0 Å². The second kappa shape index (κ2) is 3.96. The Morgan fingerprint density at radius 1 is 1.20 bits per heavy atom. The van der Waals surface area contributed by atoms with Crippen LogP contribution in [0.15, 0.2) is 16.6 Å². The van der Waals surface area contributed by atoms with Gasteiger partial charge in [-0.3, -0.25) is 4.79 Å². The van der Waals surface area contributed by atoms with E-state index in [1.165, 1.54) is 12.1 Å². The molecule has 0 aliphatic rings. The number of carbonyl (C=O) groups excluding carboxylic acids is 1. The van der Waals surface area contributed by atoms with Crippen molar-refractivity contribution in [2.75, 3.05) is 0 Å². The Labute approximate surface area is 93.4 Å². The van der Waals surface area contributed by atoms with Gasteiger partial charge in [0.2, 0.25) is 0 Å². The van der Waals surface area contributed by atoms with Crippen molar-refractivity contribution >= 4 is 21.7 Å². The Hall–Kier alpha value is -0.840. The molecule has 0 heterocycles. The molecular formula is C10H8BrF3O. The van der Waals surface area contributed by atoms with Crippen molar-refractivity contribution in [2.45, 2.75) is 20.0 Å². The molecule has 1 nitrogen and oxygen atoms in total. The molecule has 0 aliphatic heterocycles. The lowest BCUT2D eigenvalue weighted by Gasteiger charge is -2.09. The molecule has 0 unspecified atom stereocenters. The molecule has 0 bridgehead atoms. The summed E-state index contributed by atoms with van der Waals surface area (Å²) < 4.78 is 36.7. The number of hydrogen-bond donors (Lipinski definition) is 0. The van der Waals surface area contributed by atoms with Crippen LogP contribution >= 0.6 is 15.9 Å². The Morgan fingerprint density at radius 3 is 2.13 bits per heavy atom. The summed E-state index contributed by atoms with van der Waals surface area (Å²) in [5.74, 6) is -1.82. The van der Waals surface area contributed by atoms with Crippen LogP contribution < -0.4 is 0 Å². The van der Waals surface area contributed by atoms with Gasteiger partial charge in [0.05, 0.1) is 0 Å². The largest absolute Gasteiger partial charge is 0.454 e. The van der Waals surface area contributed by atoms with Crippen LogP contribution in [0.25, 0.3) is 0 Å². The first-order chi connectivity index (χ1) is 6.73. The number of carbonyl (C=O) groups is 1. The SMILES string of the molecule is Cc1cc(Br)c(C(=O)C(F)(F)F)cc1C. The molecule has 0 atom stereocenters. The number of benzene rings is 1. The Balaban J connectivity index is 3.28. The van der Waals surface area contributed by atoms with Gasteiger partial charge in [-0.2, -0.15) is 13.2 Å². The Bertz CT molecular complexity index is 410. The molecule has 0 aromatic heterocycles. The fourth-order valence-corrected chi connectivity index (χ4v) is 1.75. The highest BCUT2D eigenvalue weighted by molar-refractivity contribution is 9.10. The lowest BCUT2D eigenvalue weighted by molar-refractivity contribution is -0.0885. The van der Waals surface area contributed by atoms with Crippen molar-refractivity contribution in [3.63, 3.8) is 0 Å². The van der Waals surface area contributed by atoms with Crippen LogP contribution in [0.5, 0.6) is 0 Å². The lowest BCUT2D eigenvalue weighted by Crippen LogP contribution is -2.23. The maximum Gasteiger partial charge on any atom is 0.454 e. The highest BCUT2D eigenvalue weighted by atomic mass is 79.9. The number of rotatable bonds is 1. The number of alkyl halides is 3. The van der Waals surface area contributed by atoms with E-state index in [-0.39, 0.29) is 10.0 Å². The number of halogens is 4. The zero-order valence-corrected chi connectivity index (χ0v) is 9.66. The minimum Gasteiger partial charge on any atom is -0.284 e. The minimum absolute atomic E-state index is 0.174. The van der Waals surface area contributed by atoms with Crippen molar-refractivity contribution in [3.05, 3.63) is 33.3 Å². The average molecular weight is 281 g/mol. The van der Waals surface area contributed by atoms with Gasteiger partial charge >= 0.3 is 6.18 Å². The molecule has 0 amide bonds. The smallest absolute Gasteiger partial charge is 0.284 e. The molecule has 0 aliphatic carbocycles. The van der Waals surface area contributed by atoms with Gasteiger partial charge < -0.3 is 0 Å². The Morgan fingerprint density at radius 2 is 1.67 bits per heavy atom. The summed E-state index contributed by atoms with van der Waals surface area (Å²) >= 11 is 2.95. The van der Waals surface area contributed by atoms with Crippen molar-refractivity contribution in [1.29, 1.82) is 0 Å². The first kappa shape index (κ1) is 12.2. The topological polar surface area (TPSA) is 17.1 Å². The van der Waals surface area contributed by atoms with Gasteiger partial charge in [0.1, 0.15) is 0 Å². The summed E-state index contributed by atoms with van der Waals surface area (Å²) in [6.07, 6.45) is -4.83. The van der Waals surface area contributed by atoms with Gasteiger partial charge in [0.15, 0.2) is 0 Å². The summed E-state index contributed by atoms with van der Waals surface area (Å²) in [6.45, 7) is 3.43. The van der Waals surface area contributed by atoms with E-state index >= 15 is 0 Å². The highest BCUT2D eigenvalue weighted by Gasteiger charge is 2.40. The van der Waals surface area contributed by atoms with Crippen molar-refractivity contribution in [3.8, 4) is 0 Å².